The van der Waals surface area contributed by atoms with Crippen LogP contribution >= 0.6 is 0 Å². The standard InChI is InChI=1S/C11H15NO/c1-3-8-6-10(8)9-4-5-11(13)12(2)7-9/h4-5,7-8,10H,3,6H2,1-2H3/t8-,10-/m0/s1. The highest BCUT2D eigenvalue weighted by molar-refractivity contribution is 5.22. The lowest BCUT2D eigenvalue weighted by Gasteiger charge is -2.01. The third-order valence-corrected chi connectivity index (χ3v) is 2.98. The van der Waals surface area contributed by atoms with Crippen LogP contribution in [0.15, 0.2) is 23.1 Å². The molecule has 1 saturated carbocycles. The molecule has 0 radical (unpaired) electrons. The maximum absolute atomic E-state index is 11.1. The molecular formula is C11H15NO. The van der Waals surface area contributed by atoms with E-state index in [1.807, 2.05) is 19.3 Å². The Balaban J connectivity index is 2.24. The average molecular weight is 177 g/mol. The van der Waals surface area contributed by atoms with Crippen molar-refractivity contribution in [3.8, 4) is 0 Å². The zero-order chi connectivity index (χ0) is 9.42. The molecule has 1 aliphatic carbocycles. The minimum atomic E-state index is 0.0810. The van der Waals surface area contributed by atoms with E-state index >= 15 is 0 Å². The van der Waals surface area contributed by atoms with Crippen molar-refractivity contribution in [1.82, 2.24) is 4.57 Å². The zero-order valence-corrected chi connectivity index (χ0v) is 8.16. The molecule has 1 fully saturated rings. The van der Waals surface area contributed by atoms with Gasteiger partial charge in [0.15, 0.2) is 0 Å². The second kappa shape index (κ2) is 3.02. The molecule has 1 aromatic rings. The van der Waals surface area contributed by atoms with E-state index < -0.39 is 0 Å². The molecule has 13 heavy (non-hydrogen) atoms. The van der Waals surface area contributed by atoms with Crippen molar-refractivity contribution in [1.29, 1.82) is 0 Å². The van der Waals surface area contributed by atoms with Crippen LogP contribution < -0.4 is 5.56 Å². The molecule has 2 rings (SSSR count). The summed E-state index contributed by atoms with van der Waals surface area (Å²) < 4.78 is 1.67. The Kier molecular flexibility index (Phi) is 1.98. The smallest absolute Gasteiger partial charge is 0.250 e. The minimum absolute atomic E-state index is 0.0810. The molecule has 0 unspecified atom stereocenters. The Bertz CT molecular complexity index is 367. The molecular weight excluding hydrogens is 162 g/mol. The number of aromatic nitrogens is 1. The van der Waals surface area contributed by atoms with Gasteiger partial charge in [-0.25, -0.2) is 0 Å². The molecule has 1 aromatic heterocycles. The molecule has 70 valence electrons. The van der Waals surface area contributed by atoms with Gasteiger partial charge in [0, 0.05) is 19.3 Å². The van der Waals surface area contributed by atoms with Crippen molar-refractivity contribution in [3.05, 3.63) is 34.2 Å². The third kappa shape index (κ3) is 1.53. The van der Waals surface area contributed by atoms with E-state index in [2.05, 4.69) is 6.92 Å². The quantitative estimate of drug-likeness (QED) is 0.676. The molecule has 2 heteroatoms. The molecule has 0 saturated heterocycles. The van der Waals surface area contributed by atoms with Gasteiger partial charge < -0.3 is 4.57 Å². The summed E-state index contributed by atoms with van der Waals surface area (Å²) in [6.07, 6.45) is 4.53. The van der Waals surface area contributed by atoms with Gasteiger partial charge in [-0.15, -0.1) is 0 Å². The van der Waals surface area contributed by atoms with Crippen molar-refractivity contribution in [3.63, 3.8) is 0 Å². The average Bonchev–Trinajstić information content (AvgIpc) is 2.88. The largest absolute Gasteiger partial charge is 0.318 e. The summed E-state index contributed by atoms with van der Waals surface area (Å²) in [5.41, 5.74) is 1.41. The van der Waals surface area contributed by atoms with Gasteiger partial charge in [-0.2, -0.15) is 0 Å². The Labute approximate surface area is 78.2 Å². The van der Waals surface area contributed by atoms with Crippen LogP contribution in [0.5, 0.6) is 0 Å². The predicted molar refractivity (Wildman–Crippen MR) is 52.8 cm³/mol. The number of pyridine rings is 1. The number of nitrogens with zero attached hydrogens (tertiary/aromatic N) is 1. The normalized spacial score (nSPS) is 26.0. The van der Waals surface area contributed by atoms with Gasteiger partial charge in [0.1, 0.15) is 0 Å². The van der Waals surface area contributed by atoms with Crippen LogP contribution in [0.3, 0.4) is 0 Å². The lowest BCUT2D eigenvalue weighted by atomic mass is 10.1. The Hall–Kier alpha value is -1.05. The molecule has 2 atom stereocenters. The molecule has 0 amide bonds. The first-order valence-corrected chi connectivity index (χ1v) is 4.89. The van der Waals surface area contributed by atoms with Crippen molar-refractivity contribution >= 4 is 0 Å². The van der Waals surface area contributed by atoms with Crippen LogP contribution in [0, 0.1) is 5.92 Å². The zero-order valence-electron chi connectivity index (χ0n) is 8.16. The molecule has 0 aliphatic heterocycles. The van der Waals surface area contributed by atoms with Gasteiger partial charge >= 0.3 is 0 Å². The summed E-state index contributed by atoms with van der Waals surface area (Å²) in [6.45, 7) is 2.23. The van der Waals surface area contributed by atoms with Gasteiger partial charge in [-0.05, 0) is 23.8 Å². The summed E-state index contributed by atoms with van der Waals surface area (Å²) in [6, 6.07) is 3.64. The molecule has 0 bridgehead atoms. The topological polar surface area (TPSA) is 22.0 Å². The van der Waals surface area contributed by atoms with E-state index in [1.54, 1.807) is 10.6 Å². The van der Waals surface area contributed by atoms with E-state index in [0.717, 1.165) is 11.8 Å². The van der Waals surface area contributed by atoms with Gasteiger partial charge in [-0.3, -0.25) is 4.79 Å². The number of hydrogen-bond donors (Lipinski definition) is 0. The first-order chi connectivity index (χ1) is 6.22. The monoisotopic (exact) mass is 177 g/mol. The van der Waals surface area contributed by atoms with E-state index in [0.29, 0.717) is 0 Å². The fraction of sp³-hybridized carbons (Fsp3) is 0.545. The molecule has 0 aromatic carbocycles. The van der Waals surface area contributed by atoms with Gasteiger partial charge in [0.25, 0.3) is 0 Å². The summed E-state index contributed by atoms with van der Waals surface area (Å²) in [5, 5.41) is 0. The van der Waals surface area contributed by atoms with Crippen molar-refractivity contribution in [2.75, 3.05) is 0 Å². The second-order valence-corrected chi connectivity index (χ2v) is 3.92. The van der Waals surface area contributed by atoms with Gasteiger partial charge in [0.05, 0.1) is 0 Å². The van der Waals surface area contributed by atoms with Crippen molar-refractivity contribution in [2.24, 2.45) is 13.0 Å². The molecule has 0 spiro atoms. The van der Waals surface area contributed by atoms with E-state index in [4.69, 9.17) is 0 Å². The molecule has 1 heterocycles. The van der Waals surface area contributed by atoms with Crippen LogP contribution in [0.4, 0.5) is 0 Å². The molecule has 0 N–H and O–H groups in total. The number of rotatable bonds is 2. The second-order valence-electron chi connectivity index (χ2n) is 3.92. The number of hydrogen-bond acceptors (Lipinski definition) is 1. The Morgan fingerprint density at radius 3 is 2.85 bits per heavy atom. The summed E-state index contributed by atoms with van der Waals surface area (Å²) in [7, 11) is 1.81. The van der Waals surface area contributed by atoms with Crippen LogP contribution in [0.2, 0.25) is 0 Å². The molecule has 2 nitrogen and oxygen atoms in total. The Morgan fingerprint density at radius 2 is 2.31 bits per heavy atom. The first kappa shape index (κ1) is 8.54. The summed E-state index contributed by atoms with van der Waals surface area (Å²) in [4.78, 5) is 11.1. The first-order valence-electron chi connectivity index (χ1n) is 4.89. The van der Waals surface area contributed by atoms with Crippen molar-refractivity contribution < 1.29 is 0 Å². The van der Waals surface area contributed by atoms with E-state index in [9.17, 15) is 4.79 Å². The van der Waals surface area contributed by atoms with Crippen LogP contribution in [-0.4, -0.2) is 4.57 Å². The van der Waals surface area contributed by atoms with E-state index in [1.165, 1.54) is 18.4 Å². The van der Waals surface area contributed by atoms with E-state index in [-0.39, 0.29) is 5.56 Å². The lowest BCUT2D eigenvalue weighted by molar-refractivity contribution is 0.755. The number of aryl methyl sites for hydroxylation is 1. The third-order valence-electron chi connectivity index (χ3n) is 2.98. The maximum atomic E-state index is 11.1. The van der Waals surface area contributed by atoms with Crippen LogP contribution in [0.1, 0.15) is 31.2 Å². The fourth-order valence-corrected chi connectivity index (χ4v) is 1.94. The highest BCUT2D eigenvalue weighted by Crippen LogP contribution is 2.48. The summed E-state index contributed by atoms with van der Waals surface area (Å²) >= 11 is 0. The van der Waals surface area contributed by atoms with Gasteiger partial charge in [0.2, 0.25) is 5.56 Å². The van der Waals surface area contributed by atoms with Gasteiger partial charge in [-0.1, -0.05) is 19.4 Å². The lowest BCUT2D eigenvalue weighted by Crippen LogP contribution is -2.14. The SMILES string of the molecule is CC[C@H]1C[C@@H]1c1ccc(=O)n(C)c1. The maximum Gasteiger partial charge on any atom is 0.250 e. The van der Waals surface area contributed by atoms with Crippen molar-refractivity contribution in [2.45, 2.75) is 25.7 Å². The Morgan fingerprint density at radius 1 is 1.54 bits per heavy atom. The fourth-order valence-electron chi connectivity index (χ4n) is 1.94. The predicted octanol–water partition coefficient (Wildman–Crippen LogP) is 1.90. The van der Waals surface area contributed by atoms with Crippen LogP contribution in [-0.2, 0) is 7.05 Å². The highest BCUT2D eigenvalue weighted by Gasteiger charge is 2.36. The molecule has 1 aliphatic rings. The highest BCUT2D eigenvalue weighted by atomic mass is 16.1. The minimum Gasteiger partial charge on any atom is -0.318 e. The summed E-state index contributed by atoms with van der Waals surface area (Å²) in [5.74, 6) is 1.58. The van der Waals surface area contributed by atoms with Crippen LogP contribution in [0.25, 0.3) is 0 Å².